The number of aliphatic hydroxyl groups excluding tert-OH is 1. The van der Waals surface area contributed by atoms with Crippen LogP contribution < -0.4 is 10.6 Å². The Labute approximate surface area is 153 Å². The van der Waals surface area contributed by atoms with E-state index >= 15 is 0 Å². The fourth-order valence-corrected chi connectivity index (χ4v) is 2.41. The standard InChI is InChI=1S/C18H12ClFN4O2/c19-14-9-12(3-5-15(14)20)24-18-13-8-11(23-17(26)2-1-7-25)4-6-16(13)21-10-22-18/h3-6,8-10,25H,7H2,(H,23,26)(H,21,22,24). The Balaban J connectivity index is 1.93. The van der Waals surface area contributed by atoms with Crippen LogP contribution in [0.25, 0.3) is 10.9 Å². The molecule has 8 heteroatoms. The van der Waals surface area contributed by atoms with Gasteiger partial charge >= 0.3 is 0 Å². The van der Waals surface area contributed by atoms with Crippen molar-refractivity contribution in [3.8, 4) is 11.8 Å². The van der Waals surface area contributed by atoms with Crippen molar-refractivity contribution in [2.24, 2.45) is 0 Å². The number of carbonyl (C=O) groups is 1. The topological polar surface area (TPSA) is 87.1 Å². The fraction of sp³-hybridized carbons (Fsp3) is 0.0556. The Kier molecular flexibility index (Phi) is 5.27. The molecule has 0 spiro atoms. The monoisotopic (exact) mass is 370 g/mol. The number of hydrogen-bond acceptors (Lipinski definition) is 5. The van der Waals surface area contributed by atoms with Crippen molar-refractivity contribution in [2.45, 2.75) is 0 Å². The van der Waals surface area contributed by atoms with Crippen LogP contribution >= 0.6 is 11.6 Å². The van der Waals surface area contributed by atoms with Gasteiger partial charge in [-0.1, -0.05) is 17.5 Å². The lowest BCUT2D eigenvalue weighted by atomic mass is 10.2. The van der Waals surface area contributed by atoms with Gasteiger partial charge in [-0.3, -0.25) is 4.79 Å². The summed E-state index contributed by atoms with van der Waals surface area (Å²) in [7, 11) is 0. The number of rotatable bonds is 3. The number of aliphatic hydroxyl groups is 1. The molecule has 3 N–H and O–H groups in total. The molecule has 3 rings (SSSR count). The molecule has 1 heterocycles. The molecule has 3 aromatic rings. The van der Waals surface area contributed by atoms with E-state index in [2.05, 4.69) is 32.4 Å². The van der Waals surface area contributed by atoms with Gasteiger partial charge in [-0.15, -0.1) is 0 Å². The van der Waals surface area contributed by atoms with Gasteiger partial charge in [-0.25, -0.2) is 14.4 Å². The van der Waals surface area contributed by atoms with E-state index in [1.54, 1.807) is 18.2 Å². The largest absolute Gasteiger partial charge is 0.384 e. The highest BCUT2D eigenvalue weighted by Crippen LogP contribution is 2.27. The molecule has 1 aromatic heterocycles. The first-order chi connectivity index (χ1) is 12.6. The summed E-state index contributed by atoms with van der Waals surface area (Å²) < 4.78 is 13.3. The molecule has 0 saturated heterocycles. The molecule has 2 aromatic carbocycles. The minimum absolute atomic E-state index is 0.0104. The number of benzene rings is 2. The summed E-state index contributed by atoms with van der Waals surface area (Å²) in [5.41, 5.74) is 1.69. The van der Waals surface area contributed by atoms with Crippen molar-refractivity contribution in [3.05, 3.63) is 53.6 Å². The van der Waals surface area contributed by atoms with Gasteiger partial charge in [-0.05, 0) is 42.3 Å². The van der Waals surface area contributed by atoms with E-state index in [0.29, 0.717) is 28.1 Å². The summed E-state index contributed by atoms with van der Waals surface area (Å²) in [6.07, 6.45) is 1.39. The number of hydrogen-bond donors (Lipinski definition) is 3. The summed E-state index contributed by atoms with van der Waals surface area (Å²) in [6, 6.07) is 9.30. The predicted molar refractivity (Wildman–Crippen MR) is 97.7 cm³/mol. The second-order valence-electron chi connectivity index (χ2n) is 5.12. The predicted octanol–water partition coefficient (Wildman–Crippen LogP) is 3.10. The van der Waals surface area contributed by atoms with Gasteiger partial charge in [0.15, 0.2) is 0 Å². The molecule has 6 nitrogen and oxygen atoms in total. The van der Waals surface area contributed by atoms with Crippen LogP contribution in [0.1, 0.15) is 0 Å². The fourth-order valence-electron chi connectivity index (χ4n) is 2.23. The Morgan fingerprint density at radius 3 is 2.77 bits per heavy atom. The number of anilines is 3. The third-order valence-electron chi connectivity index (χ3n) is 3.36. The normalized spacial score (nSPS) is 10.1. The van der Waals surface area contributed by atoms with Crippen LogP contribution in [0.4, 0.5) is 21.6 Å². The molecule has 0 fully saturated rings. The molecule has 0 aliphatic heterocycles. The molecule has 0 saturated carbocycles. The lowest BCUT2D eigenvalue weighted by Crippen LogP contribution is -2.08. The molecular weight excluding hydrogens is 359 g/mol. The van der Waals surface area contributed by atoms with Crippen molar-refractivity contribution in [1.29, 1.82) is 0 Å². The highest BCUT2D eigenvalue weighted by Gasteiger charge is 2.08. The van der Waals surface area contributed by atoms with Crippen LogP contribution in [0.3, 0.4) is 0 Å². The van der Waals surface area contributed by atoms with Crippen LogP contribution in [0, 0.1) is 17.7 Å². The molecule has 0 unspecified atom stereocenters. The maximum absolute atomic E-state index is 13.3. The molecule has 0 atom stereocenters. The maximum atomic E-state index is 13.3. The Morgan fingerprint density at radius 2 is 2.00 bits per heavy atom. The quantitative estimate of drug-likeness (QED) is 0.617. The van der Waals surface area contributed by atoms with Crippen molar-refractivity contribution in [2.75, 3.05) is 17.2 Å². The van der Waals surface area contributed by atoms with E-state index < -0.39 is 18.3 Å². The minimum atomic E-state index is -0.546. The third kappa shape index (κ3) is 4.06. The average Bonchev–Trinajstić information content (AvgIpc) is 2.63. The molecule has 0 aliphatic carbocycles. The first-order valence-electron chi connectivity index (χ1n) is 7.44. The highest BCUT2D eigenvalue weighted by atomic mass is 35.5. The summed E-state index contributed by atoms with van der Waals surface area (Å²) in [4.78, 5) is 20.0. The summed E-state index contributed by atoms with van der Waals surface area (Å²) in [6.45, 7) is -0.396. The third-order valence-corrected chi connectivity index (χ3v) is 3.65. The first-order valence-corrected chi connectivity index (χ1v) is 7.82. The summed E-state index contributed by atoms with van der Waals surface area (Å²) in [5.74, 6) is 3.93. The number of nitrogens with zero attached hydrogens (tertiary/aromatic N) is 2. The van der Waals surface area contributed by atoms with E-state index in [0.717, 1.165) is 0 Å². The van der Waals surface area contributed by atoms with Crippen molar-refractivity contribution < 1.29 is 14.3 Å². The second kappa shape index (κ2) is 7.78. The Hall–Kier alpha value is -3.21. The molecule has 130 valence electrons. The first kappa shape index (κ1) is 17.6. The summed E-state index contributed by atoms with van der Waals surface area (Å²) >= 11 is 5.80. The van der Waals surface area contributed by atoms with Gasteiger partial charge in [-0.2, -0.15) is 0 Å². The Bertz CT molecular complexity index is 1050. The van der Waals surface area contributed by atoms with E-state index in [9.17, 15) is 9.18 Å². The van der Waals surface area contributed by atoms with Crippen molar-refractivity contribution in [3.63, 3.8) is 0 Å². The van der Waals surface area contributed by atoms with E-state index in [4.69, 9.17) is 16.7 Å². The number of amides is 1. The van der Waals surface area contributed by atoms with Crippen molar-refractivity contribution in [1.82, 2.24) is 9.97 Å². The van der Waals surface area contributed by atoms with Gasteiger partial charge in [0.05, 0.1) is 10.5 Å². The zero-order valence-electron chi connectivity index (χ0n) is 13.3. The maximum Gasteiger partial charge on any atom is 0.300 e. The van der Waals surface area contributed by atoms with Crippen LogP contribution in [0.15, 0.2) is 42.7 Å². The zero-order chi connectivity index (χ0) is 18.5. The van der Waals surface area contributed by atoms with Gasteiger partial charge in [0.1, 0.15) is 24.6 Å². The SMILES string of the molecule is O=C(C#CCO)Nc1ccc2ncnc(Nc3ccc(F)c(Cl)c3)c2c1. The van der Waals surface area contributed by atoms with Gasteiger partial charge in [0.25, 0.3) is 5.91 Å². The molecular formula is C18H12ClFN4O2. The molecule has 0 bridgehead atoms. The van der Waals surface area contributed by atoms with Gasteiger partial charge in [0.2, 0.25) is 0 Å². The lowest BCUT2D eigenvalue weighted by molar-refractivity contribution is -0.111. The number of aromatic nitrogens is 2. The number of nitrogens with one attached hydrogen (secondary N) is 2. The van der Waals surface area contributed by atoms with E-state index in [-0.39, 0.29) is 5.02 Å². The summed E-state index contributed by atoms with van der Waals surface area (Å²) in [5, 5.41) is 14.9. The van der Waals surface area contributed by atoms with Crippen LogP contribution in [0.2, 0.25) is 5.02 Å². The minimum Gasteiger partial charge on any atom is -0.384 e. The number of carbonyl (C=O) groups excluding carboxylic acids is 1. The number of fused-ring (bicyclic) bond motifs is 1. The molecule has 0 aliphatic rings. The van der Waals surface area contributed by atoms with Crippen LogP contribution in [0.5, 0.6) is 0 Å². The molecule has 0 radical (unpaired) electrons. The van der Waals surface area contributed by atoms with Crippen LogP contribution in [-0.2, 0) is 4.79 Å². The van der Waals surface area contributed by atoms with Gasteiger partial charge < -0.3 is 15.7 Å². The lowest BCUT2D eigenvalue weighted by Gasteiger charge is -2.10. The highest BCUT2D eigenvalue weighted by molar-refractivity contribution is 6.31. The molecule has 26 heavy (non-hydrogen) atoms. The smallest absolute Gasteiger partial charge is 0.300 e. The second-order valence-corrected chi connectivity index (χ2v) is 5.53. The zero-order valence-corrected chi connectivity index (χ0v) is 14.0. The molecule has 1 amide bonds. The number of halogens is 2. The average molecular weight is 371 g/mol. The van der Waals surface area contributed by atoms with E-state index in [1.165, 1.54) is 24.5 Å². The Morgan fingerprint density at radius 1 is 1.19 bits per heavy atom. The van der Waals surface area contributed by atoms with E-state index in [1.807, 2.05) is 0 Å². The van der Waals surface area contributed by atoms with Gasteiger partial charge in [0, 0.05) is 16.8 Å². The van der Waals surface area contributed by atoms with Crippen molar-refractivity contribution >= 4 is 45.6 Å². The van der Waals surface area contributed by atoms with Crippen LogP contribution in [-0.4, -0.2) is 27.6 Å².